The molecular formula is C17H16ClN3O3S2. The van der Waals surface area contributed by atoms with E-state index >= 15 is 0 Å². The summed E-state index contributed by atoms with van der Waals surface area (Å²) in [4.78, 5) is 13.0. The van der Waals surface area contributed by atoms with Gasteiger partial charge in [-0.25, -0.2) is 0 Å². The minimum Gasteiger partial charge on any atom is -0.469 e. The smallest absolute Gasteiger partial charge is 0.277 e. The molecule has 0 saturated carbocycles. The van der Waals surface area contributed by atoms with E-state index in [-0.39, 0.29) is 11.7 Å². The summed E-state index contributed by atoms with van der Waals surface area (Å²) in [6.07, 6.45) is 1.57. The van der Waals surface area contributed by atoms with Crippen molar-refractivity contribution in [3.63, 3.8) is 0 Å². The van der Waals surface area contributed by atoms with Gasteiger partial charge in [0, 0.05) is 22.2 Å². The van der Waals surface area contributed by atoms with E-state index in [9.17, 15) is 4.79 Å². The average molecular weight is 410 g/mol. The maximum absolute atomic E-state index is 11.9. The lowest BCUT2D eigenvalue weighted by Gasteiger charge is -2.04. The molecule has 0 fully saturated rings. The summed E-state index contributed by atoms with van der Waals surface area (Å²) >= 11 is 8.71. The SMILES string of the molecule is Cc1occc1-c1nnc(SCC(=O)NCCSc2ccc(Cl)cc2)o1. The molecule has 2 aromatic heterocycles. The van der Waals surface area contributed by atoms with E-state index in [4.69, 9.17) is 20.4 Å². The Hall–Kier alpha value is -1.90. The third kappa shape index (κ3) is 5.30. The number of hydrogen-bond acceptors (Lipinski definition) is 7. The summed E-state index contributed by atoms with van der Waals surface area (Å²) in [6, 6.07) is 9.38. The number of rotatable bonds is 8. The first-order chi connectivity index (χ1) is 12.6. The molecule has 1 N–H and O–H groups in total. The van der Waals surface area contributed by atoms with Crippen molar-refractivity contribution in [3.05, 3.63) is 47.4 Å². The highest BCUT2D eigenvalue weighted by atomic mass is 35.5. The molecule has 0 unspecified atom stereocenters. The molecule has 0 aliphatic rings. The zero-order chi connectivity index (χ0) is 18.4. The van der Waals surface area contributed by atoms with E-state index in [0.29, 0.717) is 28.4 Å². The maximum atomic E-state index is 11.9. The van der Waals surface area contributed by atoms with Gasteiger partial charge in [0.15, 0.2) is 0 Å². The Morgan fingerprint density at radius 3 is 2.73 bits per heavy atom. The molecule has 0 atom stereocenters. The minimum atomic E-state index is -0.0778. The van der Waals surface area contributed by atoms with Crippen LogP contribution in [0.5, 0.6) is 0 Å². The molecule has 0 aliphatic heterocycles. The van der Waals surface area contributed by atoms with Crippen molar-refractivity contribution in [3.8, 4) is 11.5 Å². The van der Waals surface area contributed by atoms with Crippen molar-refractivity contribution in [2.45, 2.75) is 17.0 Å². The predicted molar refractivity (Wildman–Crippen MR) is 103 cm³/mol. The van der Waals surface area contributed by atoms with Gasteiger partial charge in [-0.3, -0.25) is 4.79 Å². The highest BCUT2D eigenvalue weighted by Crippen LogP contribution is 2.26. The molecule has 3 aromatic rings. The van der Waals surface area contributed by atoms with Gasteiger partial charge in [-0.05, 0) is 37.3 Å². The number of halogens is 1. The first-order valence-electron chi connectivity index (χ1n) is 7.77. The zero-order valence-electron chi connectivity index (χ0n) is 13.9. The fourth-order valence-electron chi connectivity index (χ4n) is 2.05. The first-order valence-corrected chi connectivity index (χ1v) is 10.1. The Bertz CT molecular complexity index is 864. The van der Waals surface area contributed by atoms with E-state index in [1.165, 1.54) is 11.8 Å². The molecule has 0 aliphatic carbocycles. The molecule has 0 radical (unpaired) electrons. The molecule has 6 nitrogen and oxygen atoms in total. The van der Waals surface area contributed by atoms with Crippen LogP contribution < -0.4 is 5.32 Å². The van der Waals surface area contributed by atoms with Crippen molar-refractivity contribution in [1.29, 1.82) is 0 Å². The quantitative estimate of drug-likeness (QED) is 0.439. The zero-order valence-corrected chi connectivity index (χ0v) is 16.3. The Kier molecular flexibility index (Phi) is 6.65. The van der Waals surface area contributed by atoms with Crippen LogP contribution in [-0.4, -0.2) is 34.2 Å². The monoisotopic (exact) mass is 409 g/mol. The highest BCUT2D eigenvalue weighted by Gasteiger charge is 2.14. The van der Waals surface area contributed by atoms with E-state index in [0.717, 1.165) is 16.2 Å². The lowest BCUT2D eigenvalue weighted by Crippen LogP contribution is -2.27. The molecule has 0 bridgehead atoms. The van der Waals surface area contributed by atoms with Crippen molar-refractivity contribution >= 4 is 41.0 Å². The summed E-state index contributed by atoms with van der Waals surface area (Å²) in [6.45, 7) is 2.40. The number of aryl methyl sites for hydroxylation is 1. The Balaban J connectivity index is 1.37. The number of thioether (sulfide) groups is 2. The minimum absolute atomic E-state index is 0.0778. The van der Waals surface area contributed by atoms with E-state index in [2.05, 4.69) is 15.5 Å². The summed E-state index contributed by atoms with van der Waals surface area (Å²) < 4.78 is 10.8. The molecule has 9 heteroatoms. The molecular weight excluding hydrogens is 394 g/mol. The molecule has 136 valence electrons. The predicted octanol–water partition coefficient (Wildman–Crippen LogP) is 4.29. The number of hydrogen-bond donors (Lipinski definition) is 1. The third-order valence-electron chi connectivity index (χ3n) is 3.33. The van der Waals surface area contributed by atoms with Gasteiger partial charge in [0.25, 0.3) is 11.1 Å². The first kappa shape index (κ1) is 18.9. The Morgan fingerprint density at radius 2 is 2.00 bits per heavy atom. The molecule has 1 aromatic carbocycles. The van der Waals surface area contributed by atoms with Gasteiger partial charge < -0.3 is 14.2 Å². The van der Waals surface area contributed by atoms with Crippen LogP contribution in [0, 0.1) is 6.92 Å². The second-order valence-electron chi connectivity index (χ2n) is 5.20. The maximum Gasteiger partial charge on any atom is 0.277 e. The van der Waals surface area contributed by atoms with Gasteiger partial charge in [-0.1, -0.05) is 23.4 Å². The topological polar surface area (TPSA) is 81.2 Å². The molecule has 3 rings (SSSR count). The molecule has 26 heavy (non-hydrogen) atoms. The molecule has 2 heterocycles. The molecule has 0 saturated heterocycles. The summed E-state index contributed by atoms with van der Waals surface area (Å²) in [5.41, 5.74) is 0.757. The van der Waals surface area contributed by atoms with Crippen LogP contribution in [0.1, 0.15) is 5.76 Å². The Labute approximate surface area is 164 Å². The van der Waals surface area contributed by atoms with Gasteiger partial charge in [0.1, 0.15) is 5.76 Å². The van der Waals surface area contributed by atoms with Crippen LogP contribution in [0.15, 0.2) is 55.5 Å². The second-order valence-corrected chi connectivity index (χ2v) is 7.74. The summed E-state index contributed by atoms with van der Waals surface area (Å²) in [5.74, 6) is 2.02. The molecule has 1 amide bonds. The van der Waals surface area contributed by atoms with Crippen LogP contribution >= 0.6 is 35.1 Å². The standard InChI is InChI=1S/C17H16ClN3O3S2/c1-11-14(6-8-23-11)16-20-21-17(24-16)26-10-15(22)19-7-9-25-13-4-2-12(18)3-5-13/h2-6,8H,7,9-10H2,1H3,(H,19,22). The van der Waals surface area contributed by atoms with Gasteiger partial charge in [0.2, 0.25) is 5.91 Å². The third-order valence-corrected chi connectivity index (χ3v) is 5.41. The number of furan rings is 1. The van der Waals surface area contributed by atoms with Crippen molar-refractivity contribution in [2.75, 3.05) is 18.1 Å². The van der Waals surface area contributed by atoms with Crippen LogP contribution in [0.3, 0.4) is 0 Å². The number of amides is 1. The lowest BCUT2D eigenvalue weighted by atomic mass is 10.3. The van der Waals surface area contributed by atoms with Crippen LogP contribution in [0.25, 0.3) is 11.5 Å². The molecule has 0 spiro atoms. The van der Waals surface area contributed by atoms with Crippen LogP contribution in [0.4, 0.5) is 0 Å². The van der Waals surface area contributed by atoms with E-state index in [1.807, 2.05) is 31.2 Å². The summed E-state index contributed by atoms with van der Waals surface area (Å²) in [5, 5.41) is 11.8. The van der Waals surface area contributed by atoms with Gasteiger partial charge in [-0.2, -0.15) is 0 Å². The van der Waals surface area contributed by atoms with E-state index < -0.39 is 0 Å². The second kappa shape index (κ2) is 9.16. The van der Waals surface area contributed by atoms with E-state index in [1.54, 1.807) is 24.1 Å². The number of nitrogens with one attached hydrogen (secondary N) is 1. The Morgan fingerprint density at radius 1 is 1.19 bits per heavy atom. The van der Waals surface area contributed by atoms with Crippen LogP contribution in [0.2, 0.25) is 5.02 Å². The number of nitrogens with zero attached hydrogens (tertiary/aromatic N) is 2. The average Bonchev–Trinajstić information content (AvgIpc) is 3.27. The van der Waals surface area contributed by atoms with Gasteiger partial charge in [-0.15, -0.1) is 22.0 Å². The fourth-order valence-corrected chi connectivity index (χ4v) is 3.54. The highest BCUT2D eigenvalue weighted by molar-refractivity contribution is 7.99. The number of aromatic nitrogens is 2. The number of benzene rings is 1. The number of carbonyl (C=O) groups is 1. The van der Waals surface area contributed by atoms with Gasteiger partial charge >= 0.3 is 0 Å². The number of carbonyl (C=O) groups excluding carboxylic acids is 1. The fraction of sp³-hybridized carbons (Fsp3) is 0.235. The summed E-state index contributed by atoms with van der Waals surface area (Å²) in [7, 11) is 0. The lowest BCUT2D eigenvalue weighted by molar-refractivity contribution is -0.118. The van der Waals surface area contributed by atoms with Crippen molar-refractivity contribution in [2.24, 2.45) is 0 Å². The normalized spacial score (nSPS) is 10.8. The largest absolute Gasteiger partial charge is 0.469 e. The van der Waals surface area contributed by atoms with Crippen molar-refractivity contribution in [1.82, 2.24) is 15.5 Å². The van der Waals surface area contributed by atoms with Gasteiger partial charge in [0.05, 0.1) is 17.6 Å². The van der Waals surface area contributed by atoms with Crippen molar-refractivity contribution < 1.29 is 13.6 Å². The van der Waals surface area contributed by atoms with Crippen LogP contribution in [-0.2, 0) is 4.79 Å².